The molecule has 0 aromatic heterocycles. The van der Waals surface area contributed by atoms with Crippen molar-refractivity contribution in [3.8, 4) is 0 Å². The van der Waals surface area contributed by atoms with Crippen molar-refractivity contribution in [1.82, 2.24) is 0 Å². The number of halogens is 5. The number of alkyl halides is 5. The van der Waals surface area contributed by atoms with E-state index >= 15 is 0 Å². The molecule has 0 heterocycles. The van der Waals surface area contributed by atoms with Gasteiger partial charge in [-0.15, -0.1) is 0 Å². The minimum atomic E-state index is -4.96. The third-order valence-electron chi connectivity index (χ3n) is 1.55. The fraction of sp³-hybridized carbons (Fsp3) is 0.500. The Bertz CT molecular complexity index is 258. The molecule has 1 aliphatic rings. The maximum atomic E-state index is 12.5. The van der Waals surface area contributed by atoms with Crippen LogP contribution in [-0.4, -0.2) is 23.7 Å². The molecule has 2 nitrogen and oxygen atoms in total. The predicted octanol–water partition coefficient (Wildman–Crippen LogP) is 1.67. The van der Waals surface area contributed by atoms with Gasteiger partial charge in [0, 0.05) is 6.08 Å². The van der Waals surface area contributed by atoms with E-state index in [1.165, 1.54) is 0 Å². The highest BCUT2D eigenvalue weighted by molar-refractivity contribution is 5.82. The van der Waals surface area contributed by atoms with Crippen molar-refractivity contribution in [1.29, 1.82) is 0 Å². The Morgan fingerprint density at radius 3 is 1.77 bits per heavy atom. The highest BCUT2D eigenvalue weighted by atomic mass is 19.3. The number of esters is 1. The molecule has 13 heavy (non-hydrogen) atoms. The molecular weight excluding hydrogens is 199 g/mol. The standard InChI is InChI=1S/C6H3F5O2/c1-2-3(12)13-6(11)4(7,8)5(6,9)10/h2H,1H2. The zero-order valence-corrected chi connectivity index (χ0v) is 5.99. The van der Waals surface area contributed by atoms with Crippen LogP contribution in [-0.2, 0) is 9.53 Å². The predicted molar refractivity (Wildman–Crippen MR) is 30.0 cm³/mol. The van der Waals surface area contributed by atoms with Crippen LogP contribution < -0.4 is 0 Å². The fourth-order valence-electron chi connectivity index (χ4n) is 0.672. The van der Waals surface area contributed by atoms with Crippen LogP contribution in [0.15, 0.2) is 12.7 Å². The zero-order valence-electron chi connectivity index (χ0n) is 5.99. The summed E-state index contributed by atoms with van der Waals surface area (Å²) in [5.41, 5.74) is 0. The lowest BCUT2D eigenvalue weighted by Gasteiger charge is -2.03. The van der Waals surface area contributed by atoms with E-state index in [-0.39, 0.29) is 0 Å². The highest BCUT2D eigenvalue weighted by Crippen LogP contribution is 2.68. The normalized spacial score (nSPS) is 26.2. The Kier molecular flexibility index (Phi) is 1.69. The highest BCUT2D eigenvalue weighted by Gasteiger charge is 3.03. The molecule has 0 aromatic carbocycles. The Morgan fingerprint density at radius 2 is 1.54 bits per heavy atom. The van der Waals surface area contributed by atoms with E-state index < -0.39 is 23.7 Å². The molecule has 0 radical (unpaired) electrons. The second kappa shape index (κ2) is 2.21. The maximum Gasteiger partial charge on any atom is 0.392 e. The van der Waals surface area contributed by atoms with Gasteiger partial charge in [-0.25, -0.2) is 4.79 Å². The first-order chi connectivity index (χ1) is 5.70. The van der Waals surface area contributed by atoms with Crippen molar-refractivity contribution in [3.63, 3.8) is 0 Å². The molecule has 1 saturated carbocycles. The first kappa shape index (κ1) is 9.94. The number of hydrogen-bond acceptors (Lipinski definition) is 2. The lowest BCUT2D eigenvalue weighted by Crippen LogP contribution is -2.22. The molecule has 0 N–H and O–H groups in total. The number of carbonyl (C=O) groups is 1. The largest absolute Gasteiger partial charge is 0.413 e. The Labute approximate surface area is 69.0 Å². The van der Waals surface area contributed by atoms with Gasteiger partial charge in [-0.2, -0.15) is 22.0 Å². The fourth-order valence-corrected chi connectivity index (χ4v) is 0.672. The zero-order chi connectivity index (χ0) is 10.5. The van der Waals surface area contributed by atoms with Gasteiger partial charge in [0.25, 0.3) is 0 Å². The summed E-state index contributed by atoms with van der Waals surface area (Å²) in [5.74, 6) is -16.1. The van der Waals surface area contributed by atoms with Crippen molar-refractivity contribution in [3.05, 3.63) is 12.7 Å². The van der Waals surface area contributed by atoms with Crippen LogP contribution in [0, 0.1) is 0 Å². The first-order valence-corrected chi connectivity index (χ1v) is 3.00. The molecule has 1 aliphatic carbocycles. The smallest absolute Gasteiger partial charge is 0.392 e. The van der Waals surface area contributed by atoms with Crippen molar-refractivity contribution in [2.24, 2.45) is 0 Å². The average Bonchev–Trinajstić information content (AvgIpc) is 2.29. The van der Waals surface area contributed by atoms with Gasteiger partial charge >= 0.3 is 23.7 Å². The molecule has 1 rings (SSSR count). The van der Waals surface area contributed by atoms with E-state index in [0.717, 1.165) is 0 Å². The molecule has 74 valence electrons. The summed E-state index contributed by atoms with van der Waals surface area (Å²) in [4.78, 5) is 10.2. The number of rotatable bonds is 2. The van der Waals surface area contributed by atoms with E-state index in [1.54, 1.807) is 0 Å². The van der Waals surface area contributed by atoms with E-state index in [2.05, 4.69) is 11.3 Å². The molecule has 0 unspecified atom stereocenters. The second-order valence-corrected chi connectivity index (χ2v) is 2.37. The second-order valence-electron chi connectivity index (χ2n) is 2.37. The van der Waals surface area contributed by atoms with Crippen LogP contribution in [0.2, 0.25) is 0 Å². The molecule has 0 saturated heterocycles. The molecule has 0 atom stereocenters. The Morgan fingerprint density at radius 1 is 1.15 bits per heavy atom. The summed E-state index contributed by atoms with van der Waals surface area (Å²) in [7, 11) is 0. The van der Waals surface area contributed by atoms with Gasteiger partial charge in [0.2, 0.25) is 0 Å². The van der Waals surface area contributed by atoms with Crippen LogP contribution in [0.4, 0.5) is 22.0 Å². The van der Waals surface area contributed by atoms with Crippen LogP contribution in [0.3, 0.4) is 0 Å². The molecular formula is C6H3F5O2. The van der Waals surface area contributed by atoms with Gasteiger partial charge in [0.15, 0.2) is 0 Å². The van der Waals surface area contributed by atoms with E-state index in [1.807, 2.05) is 0 Å². The number of ether oxygens (including phenoxy) is 1. The van der Waals surface area contributed by atoms with Gasteiger partial charge in [0.1, 0.15) is 0 Å². The average molecular weight is 202 g/mol. The molecule has 0 aromatic rings. The third-order valence-corrected chi connectivity index (χ3v) is 1.55. The molecule has 0 spiro atoms. The van der Waals surface area contributed by atoms with Gasteiger partial charge in [0.05, 0.1) is 0 Å². The van der Waals surface area contributed by atoms with E-state index in [0.29, 0.717) is 6.08 Å². The van der Waals surface area contributed by atoms with Gasteiger partial charge in [-0.1, -0.05) is 6.58 Å². The summed E-state index contributed by atoms with van der Waals surface area (Å²) < 4.78 is 63.8. The number of carbonyl (C=O) groups excluding carboxylic acids is 1. The summed E-state index contributed by atoms with van der Waals surface area (Å²) in [5, 5.41) is 0. The van der Waals surface area contributed by atoms with Gasteiger partial charge in [-0.05, 0) is 0 Å². The quantitative estimate of drug-likeness (QED) is 0.386. The van der Waals surface area contributed by atoms with E-state index in [4.69, 9.17) is 0 Å². The SMILES string of the molecule is C=CC(=O)OC1(F)C(F)(F)C1(F)F. The molecule has 0 bridgehead atoms. The topological polar surface area (TPSA) is 26.3 Å². The van der Waals surface area contributed by atoms with Crippen molar-refractivity contribution >= 4 is 5.97 Å². The van der Waals surface area contributed by atoms with Crippen LogP contribution in [0.5, 0.6) is 0 Å². The summed E-state index contributed by atoms with van der Waals surface area (Å²) >= 11 is 0. The summed E-state index contributed by atoms with van der Waals surface area (Å²) in [6, 6.07) is 0. The first-order valence-electron chi connectivity index (χ1n) is 3.00. The monoisotopic (exact) mass is 202 g/mol. The molecule has 0 amide bonds. The maximum absolute atomic E-state index is 12.5. The molecule has 0 aliphatic heterocycles. The molecule has 7 heteroatoms. The Balaban J connectivity index is 2.83. The Hall–Kier alpha value is -1.14. The van der Waals surface area contributed by atoms with Gasteiger partial charge in [-0.3, -0.25) is 0 Å². The summed E-state index contributed by atoms with van der Waals surface area (Å²) in [6.07, 6.45) is 0.311. The lowest BCUT2D eigenvalue weighted by atomic mass is 10.6. The van der Waals surface area contributed by atoms with Crippen molar-refractivity contribution in [2.75, 3.05) is 0 Å². The van der Waals surface area contributed by atoms with Crippen LogP contribution in [0.25, 0.3) is 0 Å². The molecule has 1 fully saturated rings. The van der Waals surface area contributed by atoms with Crippen molar-refractivity contribution < 1.29 is 31.5 Å². The van der Waals surface area contributed by atoms with Crippen LogP contribution in [0.1, 0.15) is 0 Å². The van der Waals surface area contributed by atoms with Gasteiger partial charge < -0.3 is 4.74 Å². The van der Waals surface area contributed by atoms with Crippen LogP contribution >= 0.6 is 0 Å². The number of hydrogen-bond donors (Lipinski definition) is 0. The lowest BCUT2D eigenvalue weighted by molar-refractivity contribution is -0.176. The summed E-state index contributed by atoms with van der Waals surface area (Å²) in [6.45, 7) is 2.74. The third kappa shape index (κ3) is 0.895. The minimum absolute atomic E-state index is 0.311. The minimum Gasteiger partial charge on any atom is -0.413 e. The van der Waals surface area contributed by atoms with E-state index in [9.17, 15) is 26.7 Å². The van der Waals surface area contributed by atoms with Crippen molar-refractivity contribution in [2.45, 2.75) is 17.7 Å².